The number of ether oxygens (including phenoxy) is 2. The van der Waals surface area contributed by atoms with Crippen molar-refractivity contribution < 1.29 is 37.6 Å². The normalized spacial score (nSPS) is 13.7. The highest BCUT2D eigenvalue weighted by atomic mass is 31.2. The number of hydrogen-bond donors (Lipinski definition) is 2. The minimum absolute atomic E-state index is 0.0538. The first-order valence-corrected chi connectivity index (χ1v) is 18.7. The average Bonchev–Trinajstić information content (AvgIpc) is 2.99. The van der Waals surface area contributed by atoms with Gasteiger partial charge in [0.2, 0.25) is 0 Å². The second kappa shape index (κ2) is 30.8. The smallest absolute Gasteiger partial charge is 0.462 e. The molecule has 0 saturated carbocycles. The highest BCUT2D eigenvalue weighted by molar-refractivity contribution is 7.47. The fourth-order valence-electron chi connectivity index (χ4n) is 4.57. The molecule has 0 fully saturated rings. The number of carbonyl (C=O) groups excluding carboxylic acids is 2. The first-order chi connectivity index (χ1) is 20.8. The molecule has 2 unspecified atom stereocenters. The van der Waals surface area contributed by atoms with E-state index < -0.39 is 26.5 Å². The Morgan fingerprint density at radius 2 is 1.14 bits per heavy atom. The van der Waals surface area contributed by atoms with Crippen molar-refractivity contribution in [3.8, 4) is 0 Å². The molecule has 0 amide bonds. The molecule has 2 atom stereocenters. The van der Waals surface area contributed by atoms with Crippen molar-refractivity contribution in [3.05, 3.63) is 12.2 Å². The maximum absolute atomic E-state index is 12.4. The SMILES string of the molecule is CCCCCC=CCCCCCCC(=O)OC(COC(=O)CCCCCCCCCCCCC)COP(=O)(O)OCCN. The molecule has 10 heteroatoms. The summed E-state index contributed by atoms with van der Waals surface area (Å²) >= 11 is 0. The van der Waals surface area contributed by atoms with Crippen molar-refractivity contribution in [2.24, 2.45) is 5.73 Å². The topological polar surface area (TPSA) is 134 Å². The van der Waals surface area contributed by atoms with Gasteiger partial charge in [-0.1, -0.05) is 116 Å². The summed E-state index contributed by atoms with van der Waals surface area (Å²) in [5.74, 6) is -0.843. The lowest BCUT2D eigenvalue weighted by Crippen LogP contribution is -2.29. The van der Waals surface area contributed by atoms with Gasteiger partial charge >= 0.3 is 19.8 Å². The lowest BCUT2D eigenvalue weighted by atomic mass is 10.1. The first-order valence-electron chi connectivity index (χ1n) is 17.2. The summed E-state index contributed by atoms with van der Waals surface area (Å²) in [5, 5.41) is 0. The van der Waals surface area contributed by atoms with Gasteiger partial charge in [-0.15, -0.1) is 0 Å². The van der Waals surface area contributed by atoms with Crippen molar-refractivity contribution >= 4 is 19.8 Å². The van der Waals surface area contributed by atoms with Gasteiger partial charge in [0, 0.05) is 19.4 Å². The molecule has 0 aliphatic heterocycles. The fraction of sp³-hybridized carbons (Fsp3) is 0.879. The number of unbranched alkanes of at least 4 members (excludes halogenated alkanes) is 17. The van der Waals surface area contributed by atoms with Crippen molar-refractivity contribution in [2.75, 3.05) is 26.4 Å². The molecule has 0 aromatic rings. The van der Waals surface area contributed by atoms with E-state index in [4.69, 9.17) is 24.3 Å². The molecule has 0 aliphatic rings. The van der Waals surface area contributed by atoms with E-state index in [9.17, 15) is 19.0 Å². The Labute approximate surface area is 262 Å². The number of nitrogens with two attached hydrogens (primary N) is 1. The summed E-state index contributed by atoms with van der Waals surface area (Å²) in [5.41, 5.74) is 5.31. The van der Waals surface area contributed by atoms with Crippen LogP contribution in [0.1, 0.15) is 155 Å². The Morgan fingerprint density at radius 3 is 1.70 bits per heavy atom. The molecule has 0 saturated heterocycles. The fourth-order valence-corrected chi connectivity index (χ4v) is 5.33. The van der Waals surface area contributed by atoms with Gasteiger partial charge in [-0.3, -0.25) is 18.6 Å². The average molecular weight is 634 g/mol. The van der Waals surface area contributed by atoms with Gasteiger partial charge in [0.15, 0.2) is 6.10 Å². The molecule has 43 heavy (non-hydrogen) atoms. The maximum atomic E-state index is 12.4. The number of allylic oxidation sites excluding steroid dienone is 2. The van der Waals surface area contributed by atoms with Crippen LogP contribution in [0.25, 0.3) is 0 Å². The zero-order valence-electron chi connectivity index (χ0n) is 27.4. The third-order valence-electron chi connectivity index (χ3n) is 7.15. The van der Waals surface area contributed by atoms with Gasteiger partial charge in [0.05, 0.1) is 13.2 Å². The Bertz CT molecular complexity index is 734. The van der Waals surface area contributed by atoms with Crippen molar-refractivity contribution in [2.45, 2.75) is 161 Å². The van der Waals surface area contributed by atoms with Crippen LogP contribution in [0, 0.1) is 0 Å². The van der Waals surface area contributed by atoms with E-state index in [-0.39, 0.29) is 38.6 Å². The van der Waals surface area contributed by atoms with Crippen molar-refractivity contribution in [1.29, 1.82) is 0 Å². The van der Waals surface area contributed by atoms with Crippen LogP contribution in [0.3, 0.4) is 0 Å². The Kier molecular flexibility index (Phi) is 29.9. The van der Waals surface area contributed by atoms with E-state index in [0.717, 1.165) is 51.4 Å². The van der Waals surface area contributed by atoms with Crippen LogP contribution < -0.4 is 5.73 Å². The summed E-state index contributed by atoms with van der Waals surface area (Å²) in [6.07, 6.45) is 26.7. The number of phosphoric ester groups is 1. The quantitative estimate of drug-likeness (QED) is 0.0323. The predicted molar refractivity (Wildman–Crippen MR) is 174 cm³/mol. The molecular formula is C33H64NO8P. The van der Waals surface area contributed by atoms with Gasteiger partial charge < -0.3 is 20.1 Å². The van der Waals surface area contributed by atoms with Gasteiger partial charge in [0.25, 0.3) is 0 Å². The van der Waals surface area contributed by atoms with Crippen molar-refractivity contribution in [1.82, 2.24) is 0 Å². The lowest BCUT2D eigenvalue weighted by molar-refractivity contribution is -0.161. The summed E-state index contributed by atoms with van der Waals surface area (Å²) in [7, 11) is -4.36. The van der Waals surface area contributed by atoms with Crippen LogP contribution in [0.2, 0.25) is 0 Å². The van der Waals surface area contributed by atoms with Gasteiger partial charge in [0.1, 0.15) is 6.61 Å². The monoisotopic (exact) mass is 633 g/mol. The highest BCUT2D eigenvalue weighted by Gasteiger charge is 2.25. The van der Waals surface area contributed by atoms with E-state index in [1.807, 2.05) is 0 Å². The lowest BCUT2D eigenvalue weighted by Gasteiger charge is -2.19. The van der Waals surface area contributed by atoms with E-state index >= 15 is 0 Å². The largest absolute Gasteiger partial charge is 0.472 e. The second-order valence-electron chi connectivity index (χ2n) is 11.4. The molecule has 254 valence electrons. The minimum Gasteiger partial charge on any atom is -0.462 e. The maximum Gasteiger partial charge on any atom is 0.472 e. The third-order valence-corrected chi connectivity index (χ3v) is 8.14. The van der Waals surface area contributed by atoms with E-state index in [1.54, 1.807) is 0 Å². The molecule has 0 bridgehead atoms. The van der Waals surface area contributed by atoms with Crippen LogP contribution in [-0.2, 0) is 32.7 Å². The van der Waals surface area contributed by atoms with Gasteiger partial charge in [-0.25, -0.2) is 4.57 Å². The Morgan fingerprint density at radius 1 is 0.674 bits per heavy atom. The van der Waals surface area contributed by atoms with Gasteiger partial charge in [-0.05, 0) is 38.5 Å². The summed E-state index contributed by atoms with van der Waals surface area (Å²) in [6.45, 7) is 3.66. The van der Waals surface area contributed by atoms with Crippen LogP contribution in [0.15, 0.2) is 12.2 Å². The summed E-state index contributed by atoms with van der Waals surface area (Å²) in [6, 6.07) is 0. The van der Waals surface area contributed by atoms with Crippen LogP contribution in [0.5, 0.6) is 0 Å². The molecule has 0 spiro atoms. The number of phosphoric acid groups is 1. The van der Waals surface area contributed by atoms with E-state index in [2.05, 4.69) is 26.0 Å². The molecule has 0 aromatic heterocycles. The van der Waals surface area contributed by atoms with Crippen LogP contribution >= 0.6 is 7.82 Å². The molecule has 0 aliphatic carbocycles. The molecule has 0 rings (SSSR count). The van der Waals surface area contributed by atoms with Gasteiger partial charge in [-0.2, -0.15) is 0 Å². The highest BCUT2D eigenvalue weighted by Crippen LogP contribution is 2.43. The van der Waals surface area contributed by atoms with Crippen molar-refractivity contribution in [3.63, 3.8) is 0 Å². The molecule has 0 aromatic carbocycles. The molecular weight excluding hydrogens is 569 g/mol. The Hall–Kier alpha value is -1.25. The first kappa shape index (κ1) is 41.8. The number of rotatable bonds is 32. The van der Waals surface area contributed by atoms with E-state index in [1.165, 1.54) is 70.6 Å². The molecule has 0 heterocycles. The second-order valence-corrected chi connectivity index (χ2v) is 12.8. The summed E-state index contributed by atoms with van der Waals surface area (Å²) in [4.78, 5) is 34.5. The minimum atomic E-state index is -4.36. The standard InChI is InChI=1S/C33H64NO8P/c1-3-5-7-9-11-13-15-17-19-21-23-25-32(35)39-29-31(30-41-43(37,38)40-28-27-34)42-33(36)26-24-22-20-18-16-14-12-10-8-6-4-2/h12,14,31H,3-11,13,15-30,34H2,1-2H3,(H,37,38). The zero-order chi connectivity index (χ0) is 31.9. The summed E-state index contributed by atoms with van der Waals surface area (Å²) < 4.78 is 32.5. The zero-order valence-corrected chi connectivity index (χ0v) is 28.3. The predicted octanol–water partition coefficient (Wildman–Crippen LogP) is 8.71. The van der Waals surface area contributed by atoms with E-state index in [0.29, 0.717) is 6.42 Å². The number of esters is 2. The number of carbonyl (C=O) groups is 2. The van der Waals surface area contributed by atoms with Crippen LogP contribution in [0.4, 0.5) is 0 Å². The Balaban J connectivity index is 4.30. The molecule has 0 radical (unpaired) electrons. The third kappa shape index (κ3) is 30.6. The van der Waals surface area contributed by atoms with Crippen LogP contribution in [-0.4, -0.2) is 49.3 Å². The molecule has 3 N–H and O–H groups in total. The molecule has 9 nitrogen and oxygen atoms in total. The number of hydrogen-bond acceptors (Lipinski definition) is 8.